The van der Waals surface area contributed by atoms with Crippen molar-refractivity contribution in [2.75, 3.05) is 6.61 Å². The number of para-hydroxylation sites is 1. The first-order valence-electron chi connectivity index (χ1n) is 9.58. The summed E-state index contributed by atoms with van der Waals surface area (Å²) in [5, 5.41) is 19.3. The van der Waals surface area contributed by atoms with Crippen molar-refractivity contribution in [3.05, 3.63) is 60.3 Å². The summed E-state index contributed by atoms with van der Waals surface area (Å²) in [6.07, 6.45) is 7.46. The number of hydrogen-bond acceptors (Lipinski definition) is 4. The van der Waals surface area contributed by atoms with Crippen LogP contribution in [0.3, 0.4) is 0 Å². The molecule has 27 heavy (non-hydrogen) atoms. The zero-order chi connectivity index (χ0) is 18.3. The highest BCUT2D eigenvalue weighted by atomic mass is 16.3. The van der Waals surface area contributed by atoms with Crippen LogP contribution >= 0.6 is 0 Å². The summed E-state index contributed by atoms with van der Waals surface area (Å²) in [7, 11) is 0. The molecule has 5 heteroatoms. The quantitative estimate of drug-likeness (QED) is 0.565. The molecule has 4 aromatic rings. The number of aliphatic hydroxyl groups is 1. The number of pyridine rings is 2. The summed E-state index contributed by atoms with van der Waals surface area (Å²) in [6, 6.07) is 16.4. The molecule has 0 unspecified atom stereocenters. The van der Waals surface area contributed by atoms with Gasteiger partial charge in [-0.2, -0.15) is 0 Å². The molecule has 136 valence electrons. The number of hydrogen-bond donors (Lipinski definition) is 1. The van der Waals surface area contributed by atoms with Gasteiger partial charge in [0, 0.05) is 18.2 Å². The molecule has 1 N–H and O–H groups in total. The largest absolute Gasteiger partial charge is 0.396 e. The van der Waals surface area contributed by atoms with Crippen LogP contribution in [0.25, 0.3) is 28.1 Å². The molecule has 3 aromatic heterocycles. The molecule has 1 fully saturated rings. The fourth-order valence-corrected chi connectivity index (χ4v) is 3.87. The van der Waals surface area contributed by atoms with Crippen LogP contribution in [0.15, 0.2) is 54.7 Å². The molecule has 1 aromatic carbocycles. The third-order valence-electron chi connectivity index (χ3n) is 5.79. The van der Waals surface area contributed by atoms with Gasteiger partial charge in [0.2, 0.25) is 0 Å². The maximum atomic E-state index is 9.53. The first kappa shape index (κ1) is 16.4. The van der Waals surface area contributed by atoms with E-state index in [0.717, 1.165) is 47.3 Å². The topological polar surface area (TPSA) is 63.3 Å². The Morgan fingerprint density at radius 1 is 1.00 bits per heavy atom. The van der Waals surface area contributed by atoms with Crippen LogP contribution in [-0.4, -0.2) is 31.3 Å². The van der Waals surface area contributed by atoms with Crippen molar-refractivity contribution >= 4 is 16.6 Å². The van der Waals surface area contributed by atoms with Crippen molar-refractivity contribution in [3.63, 3.8) is 0 Å². The van der Waals surface area contributed by atoms with Crippen LogP contribution < -0.4 is 0 Å². The molecule has 1 aliphatic carbocycles. The number of benzene rings is 1. The van der Waals surface area contributed by atoms with E-state index in [4.69, 9.17) is 4.98 Å². The van der Waals surface area contributed by atoms with E-state index in [1.54, 1.807) is 0 Å². The minimum atomic E-state index is 0.212. The van der Waals surface area contributed by atoms with Gasteiger partial charge in [0.05, 0.1) is 5.52 Å². The summed E-state index contributed by atoms with van der Waals surface area (Å²) < 4.78 is 1.97. The summed E-state index contributed by atoms with van der Waals surface area (Å²) in [4.78, 5) is 4.95. The number of fused-ring (bicyclic) bond motifs is 2. The van der Waals surface area contributed by atoms with Gasteiger partial charge in [-0.25, -0.2) is 4.98 Å². The Hall–Kier alpha value is -2.79. The molecule has 3 heterocycles. The molecule has 0 saturated heterocycles. The van der Waals surface area contributed by atoms with Crippen molar-refractivity contribution in [2.24, 2.45) is 5.41 Å². The number of nitrogens with zero attached hydrogens (tertiary/aromatic N) is 4. The van der Waals surface area contributed by atoms with E-state index in [1.165, 1.54) is 18.4 Å². The van der Waals surface area contributed by atoms with E-state index in [0.29, 0.717) is 6.61 Å². The van der Waals surface area contributed by atoms with Crippen LogP contribution in [0, 0.1) is 5.41 Å². The van der Waals surface area contributed by atoms with Gasteiger partial charge in [-0.1, -0.05) is 30.3 Å². The van der Waals surface area contributed by atoms with E-state index in [2.05, 4.69) is 34.5 Å². The smallest absolute Gasteiger partial charge is 0.187 e. The standard InChI is InChI=1S/C22H22N4O/c27-15-22(12-13-22)11-4-7-16-5-3-6-17-9-10-18(23-20(16)17)21-25-24-19-8-1-2-14-26(19)21/h1-3,5-6,8-10,14,27H,4,7,11-13,15H2. The Kier molecular flexibility index (Phi) is 3.90. The third-order valence-corrected chi connectivity index (χ3v) is 5.79. The van der Waals surface area contributed by atoms with Gasteiger partial charge >= 0.3 is 0 Å². The predicted octanol–water partition coefficient (Wildman–Crippen LogP) is 4.04. The minimum absolute atomic E-state index is 0.212. The molecule has 0 atom stereocenters. The first-order chi connectivity index (χ1) is 13.3. The lowest BCUT2D eigenvalue weighted by molar-refractivity contribution is 0.201. The molecule has 0 bridgehead atoms. The molecule has 0 amide bonds. The Morgan fingerprint density at radius 3 is 2.78 bits per heavy atom. The Morgan fingerprint density at radius 2 is 1.93 bits per heavy atom. The number of aliphatic hydroxyl groups excluding tert-OH is 1. The van der Waals surface area contributed by atoms with Crippen LogP contribution in [0.4, 0.5) is 0 Å². The molecule has 1 aliphatic rings. The van der Waals surface area contributed by atoms with Gasteiger partial charge in [0.1, 0.15) is 5.69 Å². The Bertz CT molecular complexity index is 1110. The number of aryl methyl sites for hydroxylation is 1. The van der Waals surface area contributed by atoms with Gasteiger partial charge in [-0.3, -0.25) is 4.40 Å². The third kappa shape index (κ3) is 2.98. The van der Waals surface area contributed by atoms with E-state index in [9.17, 15) is 5.11 Å². The molecular weight excluding hydrogens is 336 g/mol. The normalized spacial score (nSPS) is 15.4. The lowest BCUT2D eigenvalue weighted by Gasteiger charge is -2.12. The second kappa shape index (κ2) is 6.43. The summed E-state index contributed by atoms with van der Waals surface area (Å²) >= 11 is 0. The van der Waals surface area contributed by atoms with Crippen LogP contribution in [0.2, 0.25) is 0 Å². The van der Waals surface area contributed by atoms with Gasteiger partial charge in [-0.15, -0.1) is 10.2 Å². The van der Waals surface area contributed by atoms with Gasteiger partial charge < -0.3 is 5.11 Å². The predicted molar refractivity (Wildman–Crippen MR) is 105 cm³/mol. The number of aromatic nitrogens is 4. The Balaban J connectivity index is 1.49. The Labute approximate surface area is 157 Å². The lowest BCUT2D eigenvalue weighted by atomic mass is 9.97. The second-order valence-corrected chi connectivity index (χ2v) is 7.65. The van der Waals surface area contributed by atoms with Crippen molar-refractivity contribution in [1.82, 2.24) is 19.6 Å². The fourth-order valence-electron chi connectivity index (χ4n) is 3.87. The van der Waals surface area contributed by atoms with Crippen molar-refractivity contribution in [1.29, 1.82) is 0 Å². The van der Waals surface area contributed by atoms with Crippen molar-refractivity contribution < 1.29 is 5.11 Å². The van der Waals surface area contributed by atoms with Crippen LogP contribution in [-0.2, 0) is 6.42 Å². The second-order valence-electron chi connectivity index (χ2n) is 7.65. The van der Waals surface area contributed by atoms with E-state index >= 15 is 0 Å². The van der Waals surface area contributed by atoms with E-state index in [1.807, 2.05) is 34.9 Å². The summed E-state index contributed by atoms with van der Waals surface area (Å²) in [6.45, 7) is 0.324. The molecule has 5 rings (SSSR count). The molecule has 0 radical (unpaired) electrons. The van der Waals surface area contributed by atoms with Crippen LogP contribution in [0.1, 0.15) is 31.2 Å². The molecule has 1 saturated carbocycles. The molecular formula is C22H22N4O. The summed E-state index contributed by atoms with van der Waals surface area (Å²) in [5.74, 6) is 0.763. The minimum Gasteiger partial charge on any atom is -0.396 e. The molecule has 0 spiro atoms. The maximum Gasteiger partial charge on any atom is 0.187 e. The average Bonchev–Trinajstić information content (AvgIpc) is 3.37. The first-order valence-corrected chi connectivity index (χ1v) is 9.58. The molecule has 5 nitrogen and oxygen atoms in total. The average molecular weight is 358 g/mol. The maximum absolute atomic E-state index is 9.53. The number of rotatable bonds is 6. The van der Waals surface area contributed by atoms with E-state index < -0.39 is 0 Å². The van der Waals surface area contributed by atoms with Crippen molar-refractivity contribution in [3.8, 4) is 11.5 Å². The van der Waals surface area contributed by atoms with Gasteiger partial charge in [-0.05, 0) is 61.3 Å². The van der Waals surface area contributed by atoms with Crippen molar-refractivity contribution in [2.45, 2.75) is 32.1 Å². The van der Waals surface area contributed by atoms with Gasteiger partial charge in [0.25, 0.3) is 0 Å². The highest BCUT2D eigenvalue weighted by molar-refractivity contribution is 5.84. The highest BCUT2D eigenvalue weighted by Crippen LogP contribution is 2.49. The monoisotopic (exact) mass is 358 g/mol. The SMILES string of the molecule is OCC1(CCCc2cccc3ccc(-c4nnc5ccccn45)nc23)CC1. The lowest BCUT2D eigenvalue weighted by Crippen LogP contribution is -2.06. The fraction of sp³-hybridized carbons (Fsp3) is 0.318. The van der Waals surface area contributed by atoms with Gasteiger partial charge in [0.15, 0.2) is 11.5 Å². The zero-order valence-corrected chi connectivity index (χ0v) is 15.2. The van der Waals surface area contributed by atoms with E-state index in [-0.39, 0.29) is 5.41 Å². The molecule has 0 aliphatic heterocycles. The highest BCUT2D eigenvalue weighted by Gasteiger charge is 2.40. The zero-order valence-electron chi connectivity index (χ0n) is 15.2. The van der Waals surface area contributed by atoms with Crippen LogP contribution in [0.5, 0.6) is 0 Å². The summed E-state index contributed by atoms with van der Waals surface area (Å²) in [5.41, 5.74) is 4.17.